The van der Waals surface area contributed by atoms with Crippen molar-refractivity contribution in [2.45, 2.75) is 58.0 Å². The first kappa shape index (κ1) is 23.1. The van der Waals surface area contributed by atoms with Gasteiger partial charge in [-0.25, -0.2) is 18.0 Å². The number of carbonyl (C=O) groups excluding carboxylic acids is 1. The number of hydrogen-bond acceptors (Lipinski definition) is 2. The molecule has 2 nitrogen and oxygen atoms in total. The lowest BCUT2D eigenvalue weighted by Crippen LogP contribution is -2.25. The SMILES string of the molecule is CCc1ccc(C(=O)OC2CCC(c3ccc(-c4ccc(C)cc4)c(F)c3F)CC2)c(F)c1. The summed E-state index contributed by atoms with van der Waals surface area (Å²) in [6.45, 7) is 3.85. The molecule has 5 heteroatoms. The predicted octanol–water partition coefficient (Wildman–Crippen LogP) is 7.52. The molecule has 0 unspecified atom stereocenters. The van der Waals surface area contributed by atoms with Gasteiger partial charge in [-0.3, -0.25) is 0 Å². The van der Waals surface area contributed by atoms with Crippen LogP contribution < -0.4 is 0 Å². The van der Waals surface area contributed by atoms with Gasteiger partial charge in [0.05, 0.1) is 5.56 Å². The van der Waals surface area contributed by atoms with Crippen molar-refractivity contribution in [3.8, 4) is 11.1 Å². The Hall–Kier alpha value is -3.08. The van der Waals surface area contributed by atoms with E-state index in [1.807, 2.05) is 26.0 Å². The summed E-state index contributed by atoms with van der Waals surface area (Å²) in [5.74, 6) is -3.07. The van der Waals surface area contributed by atoms with Crippen LogP contribution in [0, 0.1) is 24.4 Å². The number of aryl methyl sites for hydroxylation is 2. The molecule has 0 bridgehead atoms. The molecular weight excluding hydrogens is 425 g/mol. The Kier molecular flexibility index (Phi) is 6.87. The summed E-state index contributed by atoms with van der Waals surface area (Å²) in [4.78, 5) is 12.4. The van der Waals surface area contributed by atoms with Crippen molar-refractivity contribution in [3.63, 3.8) is 0 Å². The Morgan fingerprint density at radius 2 is 1.61 bits per heavy atom. The predicted molar refractivity (Wildman–Crippen MR) is 123 cm³/mol. The molecule has 0 atom stereocenters. The maximum atomic E-state index is 14.9. The second-order valence-corrected chi connectivity index (χ2v) is 8.74. The minimum Gasteiger partial charge on any atom is -0.459 e. The Morgan fingerprint density at radius 1 is 0.909 bits per heavy atom. The van der Waals surface area contributed by atoms with Crippen LogP contribution in [0.4, 0.5) is 13.2 Å². The van der Waals surface area contributed by atoms with E-state index in [1.165, 1.54) is 12.1 Å². The molecule has 3 aromatic rings. The normalized spacial score (nSPS) is 18.2. The zero-order chi connectivity index (χ0) is 23.5. The smallest absolute Gasteiger partial charge is 0.341 e. The van der Waals surface area contributed by atoms with Gasteiger partial charge < -0.3 is 4.74 Å². The zero-order valence-electron chi connectivity index (χ0n) is 18.8. The van der Waals surface area contributed by atoms with Crippen molar-refractivity contribution in [3.05, 3.63) is 94.3 Å². The summed E-state index contributed by atoms with van der Waals surface area (Å²) >= 11 is 0. The highest BCUT2D eigenvalue weighted by Gasteiger charge is 2.29. The molecule has 1 saturated carbocycles. The van der Waals surface area contributed by atoms with Gasteiger partial charge in [0.1, 0.15) is 11.9 Å². The fourth-order valence-corrected chi connectivity index (χ4v) is 4.49. The third kappa shape index (κ3) is 4.97. The van der Waals surface area contributed by atoms with E-state index in [-0.39, 0.29) is 23.1 Å². The first-order chi connectivity index (χ1) is 15.9. The summed E-state index contributed by atoms with van der Waals surface area (Å²) in [6.07, 6.45) is 2.49. The van der Waals surface area contributed by atoms with Gasteiger partial charge in [-0.1, -0.05) is 55.0 Å². The number of ether oxygens (including phenoxy) is 1. The molecule has 1 aliphatic carbocycles. The number of rotatable bonds is 5. The van der Waals surface area contributed by atoms with Gasteiger partial charge in [-0.15, -0.1) is 0 Å². The summed E-state index contributed by atoms with van der Waals surface area (Å²) in [7, 11) is 0. The van der Waals surface area contributed by atoms with E-state index in [0.29, 0.717) is 43.2 Å². The molecular formula is C28H27F3O2. The van der Waals surface area contributed by atoms with Crippen molar-refractivity contribution in [1.82, 2.24) is 0 Å². The second kappa shape index (κ2) is 9.82. The van der Waals surface area contributed by atoms with Gasteiger partial charge in [0.15, 0.2) is 11.6 Å². The van der Waals surface area contributed by atoms with E-state index in [1.54, 1.807) is 30.3 Å². The van der Waals surface area contributed by atoms with Gasteiger partial charge in [0, 0.05) is 5.56 Å². The van der Waals surface area contributed by atoms with Crippen LogP contribution in [0.25, 0.3) is 11.1 Å². The van der Waals surface area contributed by atoms with Gasteiger partial charge >= 0.3 is 5.97 Å². The van der Waals surface area contributed by atoms with Crippen LogP contribution in [0.3, 0.4) is 0 Å². The van der Waals surface area contributed by atoms with E-state index in [9.17, 15) is 18.0 Å². The maximum absolute atomic E-state index is 14.9. The Labute approximate surface area is 192 Å². The molecule has 172 valence electrons. The Morgan fingerprint density at radius 3 is 2.24 bits per heavy atom. The molecule has 0 radical (unpaired) electrons. The average Bonchev–Trinajstić information content (AvgIpc) is 2.82. The van der Waals surface area contributed by atoms with Crippen molar-refractivity contribution in [2.24, 2.45) is 0 Å². The third-order valence-electron chi connectivity index (χ3n) is 6.52. The van der Waals surface area contributed by atoms with Crippen molar-refractivity contribution in [2.75, 3.05) is 0 Å². The van der Waals surface area contributed by atoms with Crippen LogP contribution in [-0.2, 0) is 11.2 Å². The standard InChI is InChI=1S/C28H27F3O2/c1-3-18-6-13-24(25(29)16-18)28(32)33-21-11-9-20(10-12-21)23-15-14-22(26(30)27(23)31)19-7-4-17(2)5-8-19/h4-8,13-16,20-21H,3,9-12H2,1-2H3. The zero-order valence-corrected chi connectivity index (χ0v) is 18.8. The second-order valence-electron chi connectivity index (χ2n) is 8.74. The molecule has 1 aliphatic rings. The molecule has 0 aliphatic heterocycles. The van der Waals surface area contributed by atoms with Crippen LogP contribution in [-0.4, -0.2) is 12.1 Å². The molecule has 3 aromatic carbocycles. The fraction of sp³-hybridized carbons (Fsp3) is 0.321. The van der Waals surface area contributed by atoms with Crippen LogP contribution in [0.15, 0.2) is 54.6 Å². The molecule has 0 N–H and O–H groups in total. The summed E-state index contributed by atoms with van der Waals surface area (Å²) < 4.78 is 49.5. The molecule has 0 spiro atoms. The van der Waals surface area contributed by atoms with Crippen LogP contribution in [0.2, 0.25) is 0 Å². The fourth-order valence-electron chi connectivity index (χ4n) is 4.49. The lowest BCUT2D eigenvalue weighted by molar-refractivity contribution is 0.0189. The highest BCUT2D eigenvalue weighted by molar-refractivity contribution is 5.89. The molecule has 0 saturated heterocycles. The molecule has 33 heavy (non-hydrogen) atoms. The largest absolute Gasteiger partial charge is 0.459 e. The van der Waals surface area contributed by atoms with E-state index in [4.69, 9.17) is 4.74 Å². The third-order valence-corrected chi connectivity index (χ3v) is 6.52. The van der Waals surface area contributed by atoms with Crippen molar-refractivity contribution >= 4 is 5.97 Å². The minimum atomic E-state index is -0.837. The lowest BCUT2D eigenvalue weighted by atomic mass is 9.82. The van der Waals surface area contributed by atoms with Crippen molar-refractivity contribution < 1.29 is 22.7 Å². The Bertz CT molecular complexity index is 1150. The number of halogens is 3. The van der Waals surface area contributed by atoms with Crippen LogP contribution in [0.1, 0.15) is 65.6 Å². The highest BCUT2D eigenvalue weighted by Crippen LogP contribution is 2.38. The van der Waals surface area contributed by atoms with Crippen molar-refractivity contribution in [1.29, 1.82) is 0 Å². The molecule has 0 aromatic heterocycles. The average molecular weight is 453 g/mol. The number of esters is 1. The summed E-state index contributed by atoms with van der Waals surface area (Å²) in [5.41, 5.74) is 3.03. The molecule has 0 amide bonds. The first-order valence-corrected chi connectivity index (χ1v) is 11.4. The monoisotopic (exact) mass is 452 g/mol. The van der Waals surface area contributed by atoms with Gasteiger partial charge in [0.25, 0.3) is 0 Å². The van der Waals surface area contributed by atoms with E-state index in [0.717, 1.165) is 11.1 Å². The maximum Gasteiger partial charge on any atom is 0.341 e. The number of carbonyl (C=O) groups is 1. The quantitative estimate of drug-likeness (QED) is 0.374. The molecule has 4 rings (SSSR count). The van der Waals surface area contributed by atoms with E-state index in [2.05, 4.69) is 0 Å². The summed E-state index contributed by atoms with van der Waals surface area (Å²) in [6, 6.07) is 15.1. The first-order valence-electron chi connectivity index (χ1n) is 11.4. The Balaban J connectivity index is 1.41. The number of hydrogen-bond donors (Lipinski definition) is 0. The summed E-state index contributed by atoms with van der Waals surface area (Å²) in [5, 5.41) is 0. The molecule has 1 fully saturated rings. The molecule has 0 heterocycles. The lowest BCUT2D eigenvalue weighted by Gasteiger charge is -2.29. The minimum absolute atomic E-state index is 0.0749. The van der Waals surface area contributed by atoms with Crippen LogP contribution >= 0.6 is 0 Å². The van der Waals surface area contributed by atoms with Gasteiger partial charge in [-0.2, -0.15) is 0 Å². The van der Waals surface area contributed by atoms with Gasteiger partial charge in [-0.05, 0) is 73.8 Å². The van der Waals surface area contributed by atoms with Gasteiger partial charge in [0.2, 0.25) is 0 Å². The van der Waals surface area contributed by atoms with E-state index < -0.39 is 23.4 Å². The topological polar surface area (TPSA) is 26.3 Å². The number of benzene rings is 3. The van der Waals surface area contributed by atoms with E-state index >= 15 is 0 Å². The van der Waals surface area contributed by atoms with Crippen LogP contribution in [0.5, 0.6) is 0 Å². The highest BCUT2D eigenvalue weighted by atomic mass is 19.2.